The number of nitrogens with zero attached hydrogens (tertiary/aromatic N) is 2. The van der Waals surface area contributed by atoms with Crippen LogP contribution in [0.4, 0.5) is 0 Å². The molecule has 0 saturated carbocycles. The highest BCUT2D eigenvalue weighted by atomic mass is 32.2. The molecular formula is C12H8N2O4S. The Hall–Kier alpha value is -2.28. The van der Waals surface area contributed by atoms with Crippen LogP contribution in [-0.2, 0) is 0 Å². The van der Waals surface area contributed by atoms with E-state index in [0.29, 0.717) is 21.5 Å². The van der Waals surface area contributed by atoms with Crippen molar-refractivity contribution in [3.63, 3.8) is 0 Å². The van der Waals surface area contributed by atoms with Gasteiger partial charge in [-0.15, -0.1) is 0 Å². The summed E-state index contributed by atoms with van der Waals surface area (Å²) in [4.78, 5) is 19.2. The van der Waals surface area contributed by atoms with Gasteiger partial charge in [0.2, 0.25) is 0 Å². The van der Waals surface area contributed by atoms with Crippen LogP contribution in [0, 0.1) is 6.92 Å². The molecule has 3 rings (SSSR count). The molecule has 0 aliphatic rings. The largest absolute Gasteiger partial charge is 0.478 e. The first-order chi connectivity index (χ1) is 9.11. The van der Waals surface area contributed by atoms with Crippen LogP contribution in [0.25, 0.3) is 11.1 Å². The van der Waals surface area contributed by atoms with Crippen molar-refractivity contribution >= 4 is 28.8 Å². The van der Waals surface area contributed by atoms with Gasteiger partial charge in [0.15, 0.2) is 5.58 Å². The second-order valence-electron chi connectivity index (χ2n) is 3.82. The van der Waals surface area contributed by atoms with Gasteiger partial charge in [-0.25, -0.2) is 14.8 Å². The lowest BCUT2D eigenvalue weighted by Gasteiger charge is -1.91. The Bertz CT molecular complexity index is 762. The van der Waals surface area contributed by atoms with Gasteiger partial charge >= 0.3 is 5.97 Å². The number of rotatable bonds is 3. The topological polar surface area (TPSA) is 89.4 Å². The summed E-state index contributed by atoms with van der Waals surface area (Å²) in [7, 11) is 0. The van der Waals surface area contributed by atoms with E-state index in [1.807, 2.05) is 6.92 Å². The molecule has 0 spiro atoms. The Balaban J connectivity index is 1.95. The third-order valence-corrected chi connectivity index (χ3v) is 3.10. The Kier molecular flexibility index (Phi) is 2.75. The van der Waals surface area contributed by atoms with Crippen molar-refractivity contribution in [1.29, 1.82) is 0 Å². The highest BCUT2D eigenvalue weighted by Crippen LogP contribution is 2.29. The maximum absolute atomic E-state index is 10.9. The number of aryl methyl sites for hydroxylation is 1. The molecule has 0 bridgehead atoms. The van der Waals surface area contributed by atoms with Crippen LogP contribution in [0.5, 0.6) is 0 Å². The van der Waals surface area contributed by atoms with Gasteiger partial charge in [0.25, 0.3) is 10.4 Å². The molecule has 7 heteroatoms. The zero-order valence-corrected chi connectivity index (χ0v) is 10.6. The van der Waals surface area contributed by atoms with E-state index in [2.05, 4.69) is 9.97 Å². The number of hydrogen-bond acceptors (Lipinski definition) is 6. The number of benzene rings is 1. The van der Waals surface area contributed by atoms with Crippen LogP contribution in [0.15, 0.2) is 43.7 Å². The van der Waals surface area contributed by atoms with Crippen LogP contribution >= 0.6 is 11.8 Å². The average Bonchev–Trinajstić information content (AvgIpc) is 2.94. The minimum absolute atomic E-state index is 0.159. The van der Waals surface area contributed by atoms with E-state index in [1.54, 1.807) is 6.07 Å². The third kappa shape index (κ3) is 2.32. The first-order valence-electron chi connectivity index (χ1n) is 5.36. The van der Waals surface area contributed by atoms with Crippen molar-refractivity contribution in [1.82, 2.24) is 9.97 Å². The summed E-state index contributed by atoms with van der Waals surface area (Å²) in [5.74, 6) is -1.00. The first kappa shape index (κ1) is 11.8. The van der Waals surface area contributed by atoms with E-state index in [9.17, 15) is 4.79 Å². The molecule has 0 amide bonds. The maximum atomic E-state index is 10.9. The third-order valence-electron chi connectivity index (χ3n) is 2.39. The second kappa shape index (κ2) is 4.43. The van der Waals surface area contributed by atoms with E-state index in [0.717, 1.165) is 17.5 Å². The Morgan fingerprint density at radius 2 is 2.16 bits per heavy atom. The fourth-order valence-electron chi connectivity index (χ4n) is 1.53. The fraction of sp³-hybridized carbons (Fsp3) is 0.0833. The van der Waals surface area contributed by atoms with Gasteiger partial charge in [-0.3, -0.25) is 0 Å². The summed E-state index contributed by atoms with van der Waals surface area (Å²) in [5.41, 5.74) is 1.94. The van der Waals surface area contributed by atoms with Crippen molar-refractivity contribution in [2.45, 2.75) is 17.4 Å². The number of aromatic nitrogens is 2. The van der Waals surface area contributed by atoms with Crippen LogP contribution < -0.4 is 0 Å². The van der Waals surface area contributed by atoms with Crippen LogP contribution in [0.2, 0.25) is 0 Å². The monoisotopic (exact) mass is 276 g/mol. The SMILES string of the molecule is Cc1coc(Sc2nc3ccc(C(=O)O)cc3o2)n1. The minimum Gasteiger partial charge on any atom is -0.478 e. The van der Waals surface area contributed by atoms with E-state index in [4.69, 9.17) is 13.9 Å². The van der Waals surface area contributed by atoms with Crippen molar-refractivity contribution in [3.8, 4) is 0 Å². The maximum Gasteiger partial charge on any atom is 0.335 e. The smallest absolute Gasteiger partial charge is 0.335 e. The zero-order valence-electron chi connectivity index (χ0n) is 9.78. The van der Waals surface area contributed by atoms with Gasteiger partial charge in [-0.2, -0.15) is 0 Å². The number of carboxylic acids is 1. The van der Waals surface area contributed by atoms with Crippen molar-refractivity contribution in [2.75, 3.05) is 0 Å². The van der Waals surface area contributed by atoms with Gasteiger partial charge in [0.1, 0.15) is 11.8 Å². The molecule has 1 aromatic carbocycles. The van der Waals surface area contributed by atoms with Gasteiger partial charge in [0, 0.05) is 11.8 Å². The summed E-state index contributed by atoms with van der Waals surface area (Å²) in [6.07, 6.45) is 1.54. The molecule has 3 aromatic rings. The molecule has 1 N–H and O–H groups in total. The molecular weight excluding hydrogens is 268 g/mol. The lowest BCUT2D eigenvalue weighted by atomic mass is 10.2. The van der Waals surface area contributed by atoms with Gasteiger partial charge in [-0.05, 0) is 25.1 Å². The molecule has 0 fully saturated rings. The van der Waals surface area contributed by atoms with Crippen molar-refractivity contribution in [3.05, 3.63) is 35.7 Å². The van der Waals surface area contributed by atoms with Gasteiger partial charge < -0.3 is 13.9 Å². The number of carboxylic acid groups (broad SMARTS) is 1. The molecule has 2 heterocycles. The highest BCUT2D eigenvalue weighted by molar-refractivity contribution is 7.98. The zero-order chi connectivity index (χ0) is 13.4. The van der Waals surface area contributed by atoms with Gasteiger partial charge in [0.05, 0.1) is 11.3 Å². The van der Waals surface area contributed by atoms with E-state index in [1.165, 1.54) is 18.4 Å². The Morgan fingerprint density at radius 3 is 2.84 bits per heavy atom. The first-order valence-corrected chi connectivity index (χ1v) is 6.17. The molecule has 0 aliphatic carbocycles. The van der Waals surface area contributed by atoms with E-state index in [-0.39, 0.29) is 5.56 Å². The van der Waals surface area contributed by atoms with Crippen LogP contribution in [-0.4, -0.2) is 21.0 Å². The second-order valence-corrected chi connectivity index (χ2v) is 4.73. The standard InChI is InChI=1S/C12H8N2O4S/c1-6-5-17-11(13-6)19-12-14-8-3-2-7(10(15)16)4-9(8)18-12/h2-5H,1H3,(H,15,16). The summed E-state index contributed by atoms with van der Waals surface area (Å²) in [6.45, 7) is 1.82. The summed E-state index contributed by atoms with van der Waals surface area (Å²) in [6, 6.07) is 4.53. The molecule has 6 nitrogen and oxygen atoms in total. The minimum atomic E-state index is -1.00. The number of aromatic carboxylic acids is 1. The Labute approximate surface area is 111 Å². The lowest BCUT2D eigenvalue weighted by Crippen LogP contribution is -1.94. The van der Waals surface area contributed by atoms with E-state index >= 15 is 0 Å². The number of oxazole rings is 2. The van der Waals surface area contributed by atoms with Crippen LogP contribution in [0.1, 0.15) is 16.1 Å². The average molecular weight is 276 g/mol. The Morgan fingerprint density at radius 1 is 1.32 bits per heavy atom. The highest BCUT2D eigenvalue weighted by Gasteiger charge is 2.13. The van der Waals surface area contributed by atoms with Gasteiger partial charge in [-0.1, -0.05) is 0 Å². The molecule has 0 radical (unpaired) electrons. The number of carbonyl (C=O) groups is 1. The fourth-order valence-corrected chi connectivity index (χ4v) is 2.24. The molecule has 19 heavy (non-hydrogen) atoms. The quantitative estimate of drug-likeness (QED) is 0.786. The summed E-state index contributed by atoms with van der Waals surface area (Å²) >= 11 is 1.15. The molecule has 2 aromatic heterocycles. The normalized spacial score (nSPS) is 11.0. The molecule has 0 aliphatic heterocycles. The summed E-state index contributed by atoms with van der Waals surface area (Å²) in [5, 5.41) is 9.69. The van der Waals surface area contributed by atoms with Crippen molar-refractivity contribution < 1.29 is 18.7 Å². The summed E-state index contributed by atoms with van der Waals surface area (Å²) < 4.78 is 10.6. The number of hydrogen-bond donors (Lipinski definition) is 1. The molecule has 0 unspecified atom stereocenters. The predicted octanol–water partition coefficient (Wildman–Crippen LogP) is 2.97. The van der Waals surface area contributed by atoms with E-state index < -0.39 is 5.97 Å². The number of fused-ring (bicyclic) bond motifs is 1. The predicted molar refractivity (Wildman–Crippen MR) is 66.3 cm³/mol. The molecule has 96 valence electrons. The van der Waals surface area contributed by atoms with Crippen molar-refractivity contribution in [2.24, 2.45) is 0 Å². The lowest BCUT2D eigenvalue weighted by molar-refractivity contribution is 0.0697. The molecule has 0 atom stereocenters. The van der Waals surface area contributed by atoms with Crippen LogP contribution in [0.3, 0.4) is 0 Å². The molecule has 0 saturated heterocycles.